The number of rotatable bonds is 3. The molecule has 0 fully saturated rings. The second kappa shape index (κ2) is 5.85. The molecule has 3 rings (SSSR count). The molecular formula is C16H15BrN2O2. The Bertz CT molecular complexity index is 670. The highest BCUT2D eigenvalue weighted by atomic mass is 79.9. The van der Waals surface area contributed by atoms with Gasteiger partial charge in [0, 0.05) is 22.9 Å². The molecule has 2 aromatic rings. The van der Waals surface area contributed by atoms with Gasteiger partial charge < -0.3 is 10.0 Å². The molecule has 1 aliphatic rings. The summed E-state index contributed by atoms with van der Waals surface area (Å²) in [4.78, 5) is 17.7. The largest absolute Gasteiger partial charge is 0.478 e. The lowest BCUT2D eigenvalue weighted by atomic mass is 9.99. The predicted molar refractivity (Wildman–Crippen MR) is 84.7 cm³/mol. The van der Waals surface area contributed by atoms with Crippen molar-refractivity contribution in [3.05, 3.63) is 57.8 Å². The Hall–Kier alpha value is -1.88. The van der Waals surface area contributed by atoms with Crippen LogP contribution in [0, 0.1) is 0 Å². The van der Waals surface area contributed by atoms with Crippen LogP contribution in [0.15, 0.2) is 41.0 Å². The van der Waals surface area contributed by atoms with Crippen LogP contribution in [-0.2, 0) is 13.0 Å². The summed E-state index contributed by atoms with van der Waals surface area (Å²) >= 11 is 3.39. The Morgan fingerprint density at radius 1 is 1.33 bits per heavy atom. The first-order chi connectivity index (χ1) is 10.1. The highest BCUT2D eigenvalue weighted by Crippen LogP contribution is 2.29. The summed E-state index contributed by atoms with van der Waals surface area (Å²) in [6.07, 6.45) is 3.76. The molecule has 0 bridgehead atoms. The van der Waals surface area contributed by atoms with Crippen LogP contribution < -0.4 is 4.90 Å². The molecule has 21 heavy (non-hydrogen) atoms. The SMILES string of the molecule is O=C(O)c1ccc2c(c1)CCCN2Cc1ccc(Br)cn1. The number of aromatic carboxylic acids is 1. The standard InChI is InChI=1S/C16H15BrN2O2/c17-13-4-5-14(18-9-13)10-19-7-1-2-11-8-12(16(20)21)3-6-15(11)19/h3-6,8-9H,1-2,7,10H2,(H,20,21). The number of anilines is 1. The van der Waals surface area contributed by atoms with E-state index in [0.29, 0.717) is 5.56 Å². The topological polar surface area (TPSA) is 53.4 Å². The van der Waals surface area contributed by atoms with Crippen LogP contribution in [0.2, 0.25) is 0 Å². The van der Waals surface area contributed by atoms with Crippen LogP contribution in [-0.4, -0.2) is 22.6 Å². The minimum atomic E-state index is -0.871. The van der Waals surface area contributed by atoms with Gasteiger partial charge in [-0.15, -0.1) is 0 Å². The molecule has 5 heteroatoms. The molecule has 0 amide bonds. The van der Waals surface area contributed by atoms with Crippen molar-refractivity contribution in [2.45, 2.75) is 19.4 Å². The van der Waals surface area contributed by atoms with Crippen LogP contribution in [0.25, 0.3) is 0 Å². The van der Waals surface area contributed by atoms with Gasteiger partial charge >= 0.3 is 5.97 Å². The van der Waals surface area contributed by atoms with Crippen LogP contribution >= 0.6 is 15.9 Å². The van der Waals surface area contributed by atoms with Gasteiger partial charge in [0.2, 0.25) is 0 Å². The van der Waals surface area contributed by atoms with E-state index in [1.165, 1.54) is 0 Å². The molecule has 0 radical (unpaired) electrons. The average Bonchev–Trinajstić information content (AvgIpc) is 2.49. The third-order valence-electron chi connectivity index (χ3n) is 3.68. The van der Waals surface area contributed by atoms with Gasteiger partial charge in [-0.3, -0.25) is 4.98 Å². The molecule has 4 nitrogen and oxygen atoms in total. The van der Waals surface area contributed by atoms with E-state index in [4.69, 9.17) is 5.11 Å². The smallest absolute Gasteiger partial charge is 0.335 e. The van der Waals surface area contributed by atoms with Gasteiger partial charge in [0.1, 0.15) is 0 Å². The molecule has 1 aromatic heterocycles. The lowest BCUT2D eigenvalue weighted by Gasteiger charge is -2.31. The molecule has 2 heterocycles. The van der Waals surface area contributed by atoms with Crippen molar-refractivity contribution >= 4 is 27.6 Å². The zero-order chi connectivity index (χ0) is 14.8. The molecule has 108 valence electrons. The lowest BCUT2D eigenvalue weighted by Crippen LogP contribution is -2.29. The number of carboxylic acid groups (broad SMARTS) is 1. The predicted octanol–water partition coefficient (Wildman–Crippen LogP) is 3.50. The van der Waals surface area contributed by atoms with Crippen molar-refractivity contribution in [2.24, 2.45) is 0 Å². The second-order valence-electron chi connectivity index (χ2n) is 5.14. The van der Waals surface area contributed by atoms with E-state index in [0.717, 1.165) is 47.3 Å². The number of benzene rings is 1. The fourth-order valence-corrected chi connectivity index (χ4v) is 2.90. The zero-order valence-electron chi connectivity index (χ0n) is 11.4. The number of carboxylic acids is 1. The summed E-state index contributed by atoms with van der Waals surface area (Å²) in [6.45, 7) is 1.71. The van der Waals surface area contributed by atoms with Crippen molar-refractivity contribution in [2.75, 3.05) is 11.4 Å². The molecular weight excluding hydrogens is 332 g/mol. The van der Waals surface area contributed by atoms with Crippen LogP contribution in [0.1, 0.15) is 28.0 Å². The van der Waals surface area contributed by atoms with Crippen LogP contribution in [0.3, 0.4) is 0 Å². The second-order valence-corrected chi connectivity index (χ2v) is 6.06. The van der Waals surface area contributed by atoms with Gasteiger partial charge in [-0.2, -0.15) is 0 Å². The van der Waals surface area contributed by atoms with Gasteiger partial charge in [0.15, 0.2) is 0 Å². The van der Waals surface area contributed by atoms with Crippen molar-refractivity contribution in [3.63, 3.8) is 0 Å². The van der Waals surface area contributed by atoms with E-state index in [1.807, 2.05) is 18.2 Å². The third-order valence-corrected chi connectivity index (χ3v) is 4.15. The maximum Gasteiger partial charge on any atom is 0.335 e. The molecule has 0 spiro atoms. The maximum absolute atomic E-state index is 11.1. The fourth-order valence-electron chi connectivity index (χ4n) is 2.67. The van der Waals surface area contributed by atoms with E-state index < -0.39 is 5.97 Å². The van der Waals surface area contributed by atoms with Crippen molar-refractivity contribution in [3.8, 4) is 0 Å². The monoisotopic (exact) mass is 346 g/mol. The molecule has 0 saturated carbocycles. The van der Waals surface area contributed by atoms with Gasteiger partial charge in [0.25, 0.3) is 0 Å². The van der Waals surface area contributed by atoms with Crippen LogP contribution in [0.4, 0.5) is 5.69 Å². The van der Waals surface area contributed by atoms with E-state index in [2.05, 4.69) is 25.8 Å². The first-order valence-corrected chi connectivity index (χ1v) is 7.64. The molecule has 1 aromatic carbocycles. The van der Waals surface area contributed by atoms with Gasteiger partial charge in [-0.1, -0.05) is 0 Å². The number of halogens is 1. The first-order valence-electron chi connectivity index (χ1n) is 6.85. The van der Waals surface area contributed by atoms with Gasteiger partial charge in [0.05, 0.1) is 17.8 Å². The molecule has 0 unspecified atom stereocenters. The molecule has 1 N–H and O–H groups in total. The highest BCUT2D eigenvalue weighted by Gasteiger charge is 2.18. The van der Waals surface area contributed by atoms with Crippen molar-refractivity contribution < 1.29 is 9.90 Å². The van der Waals surface area contributed by atoms with Gasteiger partial charge in [-0.05, 0) is 64.7 Å². The number of carbonyl (C=O) groups is 1. The van der Waals surface area contributed by atoms with Crippen molar-refractivity contribution in [1.82, 2.24) is 4.98 Å². The summed E-state index contributed by atoms with van der Waals surface area (Å²) in [7, 11) is 0. The third kappa shape index (κ3) is 3.08. The summed E-state index contributed by atoms with van der Waals surface area (Å²) in [5.41, 5.74) is 3.60. The molecule has 0 atom stereocenters. The maximum atomic E-state index is 11.1. The number of nitrogens with zero attached hydrogens (tertiary/aromatic N) is 2. The molecule has 1 aliphatic heterocycles. The summed E-state index contributed by atoms with van der Waals surface area (Å²) < 4.78 is 0.969. The minimum absolute atomic E-state index is 0.359. The number of aryl methyl sites for hydroxylation is 1. The fraction of sp³-hybridized carbons (Fsp3) is 0.250. The minimum Gasteiger partial charge on any atom is -0.478 e. The van der Waals surface area contributed by atoms with E-state index in [9.17, 15) is 4.79 Å². The van der Waals surface area contributed by atoms with E-state index in [-0.39, 0.29) is 0 Å². The Balaban J connectivity index is 1.86. The van der Waals surface area contributed by atoms with E-state index >= 15 is 0 Å². The Morgan fingerprint density at radius 2 is 2.19 bits per heavy atom. The molecule has 0 aliphatic carbocycles. The number of aromatic nitrogens is 1. The number of hydrogen-bond donors (Lipinski definition) is 1. The highest BCUT2D eigenvalue weighted by molar-refractivity contribution is 9.10. The summed E-state index contributed by atoms with van der Waals surface area (Å²) in [6, 6.07) is 9.37. The molecule has 0 saturated heterocycles. The first kappa shape index (κ1) is 14.1. The Morgan fingerprint density at radius 3 is 2.90 bits per heavy atom. The Kier molecular flexibility index (Phi) is 3.92. The quantitative estimate of drug-likeness (QED) is 0.924. The summed E-state index contributed by atoms with van der Waals surface area (Å²) in [5.74, 6) is -0.871. The zero-order valence-corrected chi connectivity index (χ0v) is 13.0. The average molecular weight is 347 g/mol. The number of fused-ring (bicyclic) bond motifs is 1. The Labute approximate surface area is 131 Å². The number of hydrogen-bond acceptors (Lipinski definition) is 3. The lowest BCUT2D eigenvalue weighted by molar-refractivity contribution is 0.0697. The van der Waals surface area contributed by atoms with Crippen molar-refractivity contribution in [1.29, 1.82) is 0 Å². The van der Waals surface area contributed by atoms with Gasteiger partial charge in [-0.25, -0.2) is 4.79 Å². The van der Waals surface area contributed by atoms with Crippen LogP contribution in [0.5, 0.6) is 0 Å². The van der Waals surface area contributed by atoms with E-state index in [1.54, 1.807) is 18.3 Å². The normalized spacial score (nSPS) is 13.9. The summed E-state index contributed by atoms with van der Waals surface area (Å²) in [5, 5.41) is 9.09. The number of pyridine rings is 1.